The molecule has 0 aliphatic rings. The average molecular weight is 679 g/mol. The second-order valence-electron chi connectivity index (χ2n) is 9.00. The van der Waals surface area contributed by atoms with Crippen LogP contribution < -0.4 is 9.47 Å². The molecule has 2 N–H and O–H groups in total. The summed E-state index contributed by atoms with van der Waals surface area (Å²) in [6.45, 7) is 7.13. The summed E-state index contributed by atoms with van der Waals surface area (Å²) >= 11 is 11.6. The molecular formula is C25H30BrClIN3O4. The monoisotopic (exact) mass is 677 g/mol. The van der Waals surface area contributed by atoms with Crippen molar-refractivity contribution in [2.24, 2.45) is 5.92 Å². The number of rotatable bonds is 12. The van der Waals surface area contributed by atoms with E-state index in [9.17, 15) is 10.2 Å². The van der Waals surface area contributed by atoms with Gasteiger partial charge in [0.05, 0.1) is 24.2 Å². The number of hydrogen-bond acceptors (Lipinski definition) is 6. The summed E-state index contributed by atoms with van der Waals surface area (Å²) in [5, 5.41) is 27.4. The molecule has 0 saturated carbocycles. The van der Waals surface area contributed by atoms with E-state index in [0.717, 1.165) is 21.3 Å². The Morgan fingerprint density at radius 3 is 2.40 bits per heavy atom. The molecule has 0 aliphatic heterocycles. The molecule has 0 aliphatic carbocycles. The topological polar surface area (TPSA) is 89.6 Å². The van der Waals surface area contributed by atoms with Gasteiger partial charge in [-0.05, 0) is 73.9 Å². The molecule has 1 aromatic heterocycles. The summed E-state index contributed by atoms with van der Waals surface area (Å²) in [4.78, 5) is 0. The first-order chi connectivity index (χ1) is 16.6. The molecule has 0 saturated heterocycles. The lowest BCUT2D eigenvalue weighted by atomic mass is 9.78. The van der Waals surface area contributed by atoms with Crippen LogP contribution in [0.4, 0.5) is 0 Å². The highest BCUT2D eigenvalue weighted by atomic mass is 127. The molecule has 7 nitrogen and oxygen atoms in total. The predicted molar refractivity (Wildman–Crippen MR) is 148 cm³/mol. The predicted octanol–water partition coefficient (Wildman–Crippen LogP) is 5.16. The molecule has 2 aromatic carbocycles. The van der Waals surface area contributed by atoms with Gasteiger partial charge in [0.15, 0.2) is 0 Å². The molecule has 10 heteroatoms. The van der Waals surface area contributed by atoms with E-state index in [4.69, 9.17) is 21.1 Å². The second-order valence-corrected chi connectivity index (χ2v) is 11.2. The molecule has 35 heavy (non-hydrogen) atoms. The summed E-state index contributed by atoms with van der Waals surface area (Å²) < 4.78 is 14.8. The molecular weight excluding hydrogens is 649 g/mol. The van der Waals surface area contributed by atoms with Crippen LogP contribution in [-0.2, 0) is 18.6 Å². The zero-order valence-corrected chi connectivity index (χ0v) is 24.4. The third-order valence-electron chi connectivity index (χ3n) is 5.73. The van der Waals surface area contributed by atoms with Crippen LogP contribution in [-0.4, -0.2) is 50.4 Å². The van der Waals surface area contributed by atoms with E-state index >= 15 is 0 Å². The van der Waals surface area contributed by atoms with E-state index in [0.29, 0.717) is 27.6 Å². The Balaban J connectivity index is 1.60. The van der Waals surface area contributed by atoms with Crippen molar-refractivity contribution in [1.29, 1.82) is 0 Å². The van der Waals surface area contributed by atoms with Gasteiger partial charge < -0.3 is 19.7 Å². The zero-order valence-electron chi connectivity index (χ0n) is 19.9. The fourth-order valence-corrected chi connectivity index (χ4v) is 4.57. The van der Waals surface area contributed by atoms with Gasteiger partial charge >= 0.3 is 0 Å². The number of aromatic nitrogens is 3. The van der Waals surface area contributed by atoms with Crippen LogP contribution in [0.2, 0.25) is 0 Å². The van der Waals surface area contributed by atoms with Gasteiger partial charge in [-0.3, -0.25) is 0 Å². The van der Waals surface area contributed by atoms with Crippen molar-refractivity contribution in [2.45, 2.75) is 45.4 Å². The molecule has 3 aromatic rings. The highest BCUT2D eigenvalue weighted by Gasteiger charge is 2.24. The first kappa shape index (κ1) is 28.2. The van der Waals surface area contributed by atoms with Crippen molar-refractivity contribution in [3.8, 4) is 11.5 Å². The van der Waals surface area contributed by atoms with Crippen molar-refractivity contribution in [2.75, 3.05) is 19.1 Å². The summed E-state index contributed by atoms with van der Waals surface area (Å²) in [6, 6.07) is 14.1. The SMILES string of the molecule is C[C@H](CCl)COc1ccc(C(C)(C)c2ccc(OC[C@@H](O)Cn3nnc(CO)c3I)cc2)cc1Br. The van der Waals surface area contributed by atoms with Gasteiger partial charge in [0.1, 0.15) is 33.6 Å². The largest absolute Gasteiger partial charge is 0.492 e. The molecule has 1 heterocycles. The number of ether oxygens (including phenoxy) is 2. The summed E-state index contributed by atoms with van der Waals surface area (Å²) in [5.41, 5.74) is 2.54. The number of aliphatic hydroxyl groups excluding tert-OH is 2. The van der Waals surface area contributed by atoms with E-state index in [1.165, 1.54) is 0 Å². The molecule has 0 bridgehead atoms. The van der Waals surface area contributed by atoms with E-state index < -0.39 is 6.10 Å². The number of hydrogen-bond donors (Lipinski definition) is 2. The van der Waals surface area contributed by atoms with Crippen LogP contribution >= 0.6 is 50.1 Å². The van der Waals surface area contributed by atoms with Crippen LogP contribution in [0.1, 0.15) is 37.6 Å². The molecule has 0 amide bonds. The van der Waals surface area contributed by atoms with Gasteiger partial charge in [-0.25, -0.2) is 4.68 Å². The normalized spacial score (nSPS) is 13.5. The van der Waals surface area contributed by atoms with Crippen LogP contribution in [0.3, 0.4) is 0 Å². The average Bonchev–Trinajstić information content (AvgIpc) is 3.20. The van der Waals surface area contributed by atoms with Crippen molar-refractivity contribution < 1.29 is 19.7 Å². The molecule has 0 spiro atoms. The molecule has 0 radical (unpaired) electrons. The minimum absolute atomic E-state index is 0.115. The van der Waals surface area contributed by atoms with E-state index in [1.54, 1.807) is 4.68 Å². The van der Waals surface area contributed by atoms with Gasteiger partial charge in [-0.2, -0.15) is 0 Å². The molecule has 2 atom stereocenters. The zero-order chi connectivity index (χ0) is 25.6. The van der Waals surface area contributed by atoms with Gasteiger partial charge in [-0.1, -0.05) is 44.2 Å². The number of halogens is 3. The first-order valence-corrected chi connectivity index (χ1v) is 13.6. The highest BCUT2D eigenvalue weighted by Crippen LogP contribution is 2.36. The number of nitrogens with zero attached hydrogens (tertiary/aromatic N) is 3. The Morgan fingerprint density at radius 1 is 1.11 bits per heavy atom. The van der Waals surface area contributed by atoms with E-state index in [-0.39, 0.29) is 31.1 Å². The molecule has 0 fully saturated rings. The fraction of sp³-hybridized carbons (Fsp3) is 0.440. The van der Waals surface area contributed by atoms with Gasteiger partial charge in [0.2, 0.25) is 0 Å². The van der Waals surface area contributed by atoms with Crippen LogP contribution in [0.25, 0.3) is 0 Å². The maximum absolute atomic E-state index is 10.3. The summed E-state index contributed by atoms with van der Waals surface area (Å²) in [5.74, 6) is 2.32. The first-order valence-electron chi connectivity index (χ1n) is 11.2. The third kappa shape index (κ3) is 7.31. The number of aliphatic hydroxyl groups is 2. The lowest BCUT2D eigenvalue weighted by Crippen LogP contribution is -2.25. The number of alkyl halides is 1. The fourth-order valence-electron chi connectivity index (χ4n) is 3.41. The van der Waals surface area contributed by atoms with Gasteiger partial charge in [0, 0.05) is 17.2 Å². The van der Waals surface area contributed by atoms with Crippen LogP contribution in [0, 0.1) is 9.62 Å². The maximum atomic E-state index is 10.3. The lowest BCUT2D eigenvalue weighted by Gasteiger charge is -2.27. The maximum Gasteiger partial charge on any atom is 0.133 e. The standard InChI is InChI=1S/C25H30BrClIN3O4/c1-16(11-27)14-35-23-9-6-18(10-21(23)26)25(2,3)17-4-7-20(8-5-17)34-15-19(33)12-31-24(28)22(13-32)29-30-31/h4-10,16,19,32-33H,11-15H2,1-3H3/t16-,19+/m1/s1. The lowest BCUT2D eigenvalue weighted by molar-refractivity contribution is 0.0881. The summed E-state index contributed by atoms with van der Waals surface area (Å²) in [6.07, 6.45) is -0.765. The Kier molecular flexibility index (Phi) is 10.2. The molecule has 0 unspecified atom stereocenters. The van der Waals surface area contributed by atoms with Crippen molar-refractivity contribution in [3.05, 3.63) is 67.5 Å². The van der Waals surface area contributed by atoms with Crippen molar-refractivity contribution in [1.82, 2.24) is 15.0 Å². The smallest absolute Gasteiger partial charge is 0.133 e. The Morgan fingerprint density at radius 2 is 1.80 bits per heavy atom. The Labute approximate surface area is 233 Å². The Hall–Kier alpha value is -1.40. The minimum atomic E-state index is -0.765. The van der Waals surface area contributed by atoms with Crippen molar-refractivity contribution in [3.63, 3.8) is 0 Å². The van der Waals surface area contributed by atoms with Gasteiger partial charge in [-0.15, -0.1) is 16.7 Å². The summed E-state index contributed by atoms with van der Waals surface area (Å²) in [7, 11) is 0. The van der Waals surface area contributed by atoms with Crippen molar-refractivity contribution >= 4 is 50.1 Å². The number of benzene rings is 2. The highest BCUT2D eigenvalue weighted by molar-refractivity contribution is 14.1. The van der Waals surface area contributed by atoms with Crippen LogP contribution in [0.5, 0.6) is 11.5 Å². The minimum Gasteiger partial charge on any atom is -0.492 e. The van der Waals surface area contributed by atoms with Gasteiger partial charge in [0.25, 0.3) is 0 Å². The van der Waals surface area contributed by atoms with Crippen LogP contribution in [0.15, 0.2) is 46.9 Å². The van der Waals surface area contributed by atoms with E-state index in [1.807, 2.05) is 52.9 Å². The van der Waals surface area contributed by atoms with E-state index in [2.05, 4.69) is 59.1 Å². The molecule has 3 rings (SSSR count). The second kappa shape index (κ2) is 12.7. The quantitative estimate of drug-likeness (QED) is 0.204. The Bertz CT molecular complexity index is 1110. The molecule has 190 valence electrons. The third-order valence-corrected chi connectivity index (χ3v) is 8.06.